The highest BCUT2D eigenvalue weighted by Gasteiger charge is 2.16. The fourth-order valence-electron chi connectivity index (χ4n) is 5.60. The van der Waals surface area contributed by atoms with Gasteiger partial charge in [-0.05, 0) is 52.1 Å². The SMILES string of the molecule is C=CC(=NC(=NC(=C)c1ccccc1)c1ccccc1)c1cccc2oc3cc(-c4ccc(-c5ccccc5)cc4)ccc3c12. The monoisotopic (exact) mass is 578 g/mol. The third kappa shape index (κ3) is 5.67. The number of nitrogens with zero attached hydrogens (tertiary/aromatic N) is 2. The number of allylic oxidation sites excluding steroid dienone is 1. The molecule has 0 fully saturated rings. The van der Waals surface area contributed by atoms with Gasteiger partial charge in [-0.15, -0.1) is 0 Å². The van der Waals surface area contributed by atoms with Crippen molar-refractivity contribution >= 4 is 39.2 Å². The first kappa shape index (κ1) is 27.8. The van der Waals surface area contributed by atoms with Crippen LogP contribution in [0.2, 0.25) is 0 Å². The van der Waals surface area contributed by atoms with E-state index >= 15 is 0 Å². The first-order chi connectivity index (χ1) is 22.2. The van der Waals surface area contributed by atoms with Crippen molar-refractivity contribution in [1.82, 2.24) is 0 Å². The Morgan fingerprint density at radius 1 is 0.533 bits per heavy atom. The molecule has 0 aliphatic heterocycles. The summed E-state index contributed by atoms with van der Waals surface area (Å²) in [5.41, 5.74) is 10.3. The zero-order valence-electron chi connectivity index (χ0n) is 24.7. The molecule has 0 spiro atoms. The Bertz CT molecular complexity index is 2210. The predicted molar refractivity (Wildman–Crippen MR) is 190 cm³/mol. The van der Waals surface area contributed by atoms with Crippen LogP contribution in [0.1, 0.15) is 16.7 Å². The average Bonchev–Trinajstić information content (AvgIpc) is 3.49. The number of amidine groups is 1. The minimum Gasteiger partial charge on any atom is -0.456 e. The molecule has 0 aliphatic carbocycles. The largest absolute Gasteiger partial charge is 0.456 e. The lowest BCUT2D eigenvalue weighted by Gasteiger charge is -2.08. The van der Waals surface area contributed by atoms with Crippen molar-refractivity contribution in [1.29, 1.82) is 0 Å². The number of benzene rings is 6. The van der Waals surface area contributed by atoms with E-state index in [1.165, 1.54) is 11.1 Å². The molecule has 0 aliphatic rings. The molecular weight excluding hydrogens is 548 g/mol. The van der Waals surface area contributed by atoms with Crippen molar-refractivity contribution < 1.29 is 4.42 Å². The molecule has 214 valence electrons. The molecule has 0 amide bonds. The van der Waals surface area contributed by atoms with Crippen molar-refractivity contribution in [3.05, 3.63) is 188 Å². The lowest BCUT2D eigenvalue weighted by molar-refractivity contribution is 0.669. The van der Waals surface area contributed by atoms with Gasteiger partial charge in [0, 0.05) is 21.9 Å². The van der Waals surface area contributed by atoms with Crippen molar-refractivity contribution in [3.63, 3.8) is 0 Å². The molecule has 0 saturated heterocycles. The van der Waals surface area contributed by atoms with Crippen molar-refractivity contribution in [3.8, 4) is 22.3 Å². The van der Waals surface area contributed by atoms with Crippen LogP contribution >= 0.6 is 0 Å². The first-order valence-corrected chi connectivity index (χ1v) is 14.9. The van der Waals surface area contributed by atoms with Crippen molar-refractivity contribution in [2.45, 2.75) is 0 Å². The van der Waals surface area contributed by atoms with Gasteiger partial charge in [0.05, 0.1) is 11.4 Å². The van der Waals surface area contributed by atoms with Crippen molar-refractivity contribution in [2.75, 3.05) is 0 Å². The van der Waals surface area contributed by atoms with Crippen LogP contribution in [0.3, 0.4) is 0 Å². The average molecular weight is 579 g/mol. The minimum atomic E-state index is 0.561. The van der Waals surface area contributed by atoms with E-state index in [1.807, 2.05) is 78.9 Å². The Morgan fingerprint density at radius 2 is 1.11 bits per heavy atom. The fraction of sp³-hybridized carbons (Fsp3) is 0. The van der Waals surface area contributed by atoms with Gasteiger partial charge in [-0.1, -0.05) is 147 Å². The molecule has 1 aromatic heterocycles. The van der Waals surface area contributed by atoms with Gasteiger partial charge in [-0.2, -0.15) is 0 Å². The third-order valence-electron chi connectivity index (χ3n) is 7.90. The van der Waals surface area contributed by atoms with Crippen LogP contribution in [0.15, 0.2) is 185 Å². The van der Waals surface area contributed by atoms with Crippen LogP contribution in [0.5, 0.6) is 0 Å². The maximum atomic E-state index is 6.42. The van der Waals surface area contributed by atoms with Gasteiger partial charge < -0.3 is 4.42 Å². The first-order valence-electron chi connectivity index (χ1n) is 14.9. The summed E-state index contributed by atoms with van der Waals surface area (Å²) >= 11 is 0. The maximum Gasteiger partial charge on any atom is 0.160 e. The lowest BCUT2D eigenvalue weighted by atomic mass is 9.98. The van der Waals surface area contributed by atoms with Crippen LogP contribution in [0, 0.1) is 0 Å². The number of fused-ring (bicyclic) bond motifs is 3. The molecule has 1 heterocycles. The second-order valence-electron chi connectivity index (χ2n) is 10.8. The number of hydrogen-bond donors (Lipinski definition) is 0. The molecule has 6 aromatic carbocycles. The number of rotatable bonds is 7. The van der Waals surface area contributed by atoms with Crippen LogP contribution in [0.4, 0.5) is 0 Å². The van der Waals surface area contributed by atoms with E-state index in [2.05, 4.69) is 86.0 Å². The third-order valence-corrected chi connectivity index (χ3v) is 7.90. The van der Waals surface area contributed by atoms with E-state index < -0.39 is 0 Å². The second kappa shape index (κ2) is 12.3. The molecule has 3 nitrogen and oxygen atoms in total. The Morgan fingerprint density at radius 3 is 1.78 bits per heavy atom. The van der Waals surface area contributed by atoms with Gasteiger partial charge in [0.25, 0.3) is 0 Å². The van der Waals surface area contributed by atoms with E-state index in [4.69, 9.17) is 14.4 Å². The van der Waals surface area contributed by atoms with E-state index in [0.29, 0.717) is 17.2 Å². The molecule has 45 heavy (non-hydrogen) atoms. The number of furan rings is 1. The van der Waals surface area contributed by atoms with Crippen LogP contribution in [0.25, 0.3) is 49.9 Å². The molecule has 0 unspecified atom stereocenters. The highest BCUT2D eigenvalue weighted by atomic mass is 16.3. The topological polar surface area (TPSA) is 37.9 Å². The zero-order chi connectivity index (χ0) is 30.6. The van der Waals surface area contributed by atoms with E-state index in [1.54, 1.807) is 6.08 Å². The summed E-state index contributed by atoms with van der Waals surface area (Å²) < 4.78 is 6.42. The highest BCUT2D eigenvalue weighted by molar-refractivity contribution is 6.25. The molecule has 3 heteroatoms. The fourth-order valence-corrected chi connectivity index (χ4v) is 5.60. The number of hydrogen-bond acceptors (Lipinski definition) is 2. The number of aliphatic imine (C=N–C) groups is 2. The zero-order valence-corrected chi connectivity index (χ0v) is 24.7. The van der Waals surface area contributed by atoms with Crippen molar-refractivity contribution in [2.24, 2.45) is 9.98 Å². The standard InChI is InChI=1S/C42H30N2O/c1-3-38(44-42(34-18-11-6-12-19-34)43-29(2)30-14-7-4-8-15-30)36-20-13-21-39-41(36)37-27-26-35(28-40(37)45-39)33-24-22-32(23-25-33)31-16-9-5-10-17-31/h3-28H,1-2H2. The molecule has 0 N–H and O–H groups in total. The summed E-state index contributed by atoms with van der Waals surface area (Å²) in [4.78, 5) is 9.98. The summed E-state index contributed by atoms with van der Waals surface area (Å²) in [6.07, 6.45) is 1.78. The van der Waals surface area contributed by atoms with Crippen LogP contribution in [-0.4, -0.2) is 11.5 Å². The molecular formula is C42H30N2O. The minimum absolute atomic E-state index is 0.561. The van der Waals surface area contributed by atoms with E-state index in [0.717, 1.165) is 49.8 Å². The van der Waals surface area contributed by atoms with Gasteiger partial charge in [-0.3, -0.25) is 0 Å². The van der Waals surface area contributed by atoms with E-state index in [9.17, 15) is 0 Å². The molecule has 0 saturated carbocycles. The predicted octanol–water partition coefficient (Wildman–Crippen LogP) is 11.0. The Kier molecular flexibility index (Phi) is 7.57. The molecule has 0 radical (unpaired) electrons. The summed E-state index contributed by atoms with van der Waals surface area (Å²) in [5.74, 6) is 0.561. The Hall–Kier alpha value is -6.06. The molecule has 0 bridgehead atoms. The highest BCUT2D eigenvalue weighted by Crippen LogP contribution is 2.35. The normalized spacial score (nSPS) is 12.0. The molecule has 7 aromatic rings. The Labute approximate surface area is 262 Å². The smallest absolute Gasteiger partial charge is 0.160 e. The van der Waals surface area contributed by atoms with Gasteiger partial charge in [0.2, 0.25) is 0 Å². The summed E-state index contributed by atoms with van der Waals surface area (Å²) in [7, 11) is 0. The summed E-state index contributed by atoms with van der Waals surface area (Å²) in [6.45, 7) is 8.37. The van der Waals surface area contributed by atoms with Gasteiger partial charge >= 0.3 is 0 Å². The van der Waals surface area contributed by atoms with Gasteiger partial charge in [0.15, 0.2) is 5.84 Å². The maximum absolute atomic E-state index is 6.42. The van der Waals surface area contributed by atoms with Gasteiger partial charge in [-0.25, -0.2) is 9.98 Å². The quantitative estimate of drug-likeness (QED) is 0.137. The lowest BCUT2D eigenvalue weighted by Crippen LogP contribution is -2.05. The van der Waals surface area contributed by atoms with Crippen LogP contribution in [-0.2, 0) is 0 Å². The summed E-state index contributed by atoms with van der Waals surface area (Å²) in [6, 6.07) is 51.4. The molecule has 0 atom stereocenters. The molecule has 7 rings (SSSR count). The summed E-state index contributed by atoms with van der Waals surface area (Å²) in [5, 5.41) is 2.01. The Balaban J connectivity index is 1.30. The second-order valence-corrected chi connectivity index (χ2v) is 10.8. The van der Waals surface area contributed by atoms with E-state index in [-0.39, 0.29) is 0 Å². The van der Waals surface area contributed by atoms with Gasteiger partial charge in [0.1, 0.15) is 11.2 Å². The van der Waals surface area contributed by atoms with Crippen LogP contribution < -0.4 is 0 Å².